The summed E-state index contributed by atoms with van der Waals surface area (Å²) in [4.78, 5) is 14.0. The number of piperidine rings is 1. The number of carbonyl (C=O) groups excluding carboxylic acids is 1. The highest BCUT2D eigenvalue weighted by molar-refractivity contribution is 7.86. The first-order chi connectivity index (χ1) is 11.1. The molecule has 0 aromatic carbocycles. The van der Waals surface area contributed by atoms with Gasteiger partial charge >= 0.3 is 0 Å². The average molecular weight is 341 g/mol. The summed E-state index contributed by atoms with van der Waals surface area (Å²) in [5.41, 5.74) is 0. The van der Waals surface area contributed by atoms with Gasteiger partial charge in [-0.1, -0.05) is 6.42 Å². The summed E-state index contributed by atoms with van der Waals surface area (Å²) in [5, 5.41) is 0. The molecule has 0 saturated carbocycles. The van der Waals surface area contributed by atoms with Crippen LogP contribution < -0.4 is 0 Å². The third-order valence-corrected chi connectivity index (χ3v) is 6.48. The molecule has 7 nitrogen and oxygen atoms in total. The minimum absolute atomic E-state index is 0.174. The SMILES string of the molecule is O=C(c1ccco1)N1CCCN(S(=O)(=O)N2CCCCC2)CC1. The Bertz CT molecular complexity index is 623. The Morgan fingerprint density at radius 3 is 2.30 bits per heavy atom. The maximum Gasteiger partial charge on any atom is 0.289 e. The molecule has 0 atom stereocenters. The molecule has 1 aromatic heterocycles. The number of hydrogen-bond acceptors (Lipinski definition) is 4. The van der Waals surface area contributed by atoms with Crippen molar-refractivity contribution < 1.29 is 17.6 Å². The van der Waals surface area contributed by atoms with Gasteiger partial charge in [-0.25, -0.2) is 0 Å². The first-order valence-corrected chi connectivity index (χ1v) is 9.57. The molecule has 2 saturated heterocycles. The van der Waals surface area contributed by atoms with Crippen LogP contribution in [0.5, 0.6) is 0 Å². The van der Waals surface area contributed by atoms with Gasteiger partial charge in [0.05, 0.1) is 6.26 Å². The van der Waals surface area contributed by atoms with Gasteiger partial charge in [0.25, 0.3) is 16.1 Å². The minimum Gasteiger partial charge on any atom is -0.459 e. The number of furan rings is 1. The third kappa shape index (κ3) is 3.59. The van der Waals surface area contributed by atoms with Crippen LogP contribution in [0.15, 0.2) is 22.8 Å². The molecule has 128 valence electrons. The lowest BCUT2D eigenvalue weighted by Gasteiger charge is -2.31. The summed E-state index contributed by atoms with van der Waals surface area (Å²) in [6.45, 7) is 2.95. The molecule has 3 rings (SSSR count). The molecule has 3 heterocycles. The zero-order valence-electron chi connectivity index (χ0n) is 13.2. The minimum atomic E-state index is -3.41. The zero-order valence-corrected chi connectivity index (χ0v) is 14.0. The Morgan fingerprint density at radius 2 is 1.61 bits per heavy atom. The van der Waals surface area contributed by atoms with Crippen LogP contribution >= 0.6 is 0 Å². The van der Waals surface area contributed by atoms with Crippen LogP contribution in [0.4, 0.5) is 0 Å². The van der Waals surface area contributed by atoms with E-state index in [0.717, 1.165) is 19.3 Å². The predicted octanol–water partition coefficient (Wildman–Crippen LogP) is 1.16. The molecule has 2 fully saturated rings. The second-order valence-electron chi connectivity index (χ2n) is 5.99. The number of rotatable bonds is 3. The van der Waals surface area contributed by atoms with Crippen molar-refractivity contribution in [1.82, 2.24) is 13.5 Å². The highest BCUT2D eigenvalue weighted by Crippen LogP contribution is 2.18. The van der Waals surface area contributed by atoms with Crippen LogP contribution in [0.1, 0.15) is 36.2 Å². The van der Waals surface area contributed by atoms with Crippen molar-refractivity contribution in [2.75, 3.05) is 39.3 Å². The molecule has 2 aliphatic heterocycles. The standard InChI is InChI=1S/C15H23N3O4S/c19-15(14-6-4-13-22-14)16-7-5-10-18(12-11-16)23(20,21)17-8-2-1-3-9-17/h4,6,13H,1-3,5,7-12H2. The van der Waals surface area contributed by atoms with Crippen LogP contribution in [0.3, 0.4) is 0 Å². The van der Waals surface area contributed by atoms with Crippen molar-refractivity contribution >= 4 is 16.1 Å². The van der Waals surface area contributed by atoms with E-state index in [4.69, 9.17) is 4.42 Å². The average Bonchev–Trinajstić information content (AvgIpc) is 2.99. The quantitative estimate of drug-likeness (QED) is 0.827. The molecule has 1 aromatic rings. The Labute approximate surface area is 137 Å². The number of amides is 1. The fourth-order valence-electron chi connectivity index (χ4n) is 3.14. The largest absolute Gasteiger partial charge is 0.459 e. The van der Waals surface area contributed by atoms with Gasteiger partial charge < -0.3 is 9.32 Å². The van der Waals surface area contributed by atoms with Crippen molar-refractivity contribution in [2.45, 2.75) is 25.7 Å². The summed E-state index contributed by atoms with van der Waals surface area (Å²) in [6, 6.07) is 3.31. The Morgan fingerprint density at radius 1 is 0.913 bits per heavy atom. The molecule has 0 bridgehead atoms. The van der Waals surface area contributed by atoms with Gasteiger partial charge in [0.2, 0.25) is 0 Å². The predicted molar refractivity (Wildman–Crippen MR) is 85.1 cm³/mol. The maximum absolute atomic E-state index is 12.7. The Kier molecular flexibility index (Phi) is 5.03. The van der Waals surface area contributed by atoms with Gasteiger partial charge in [-0.15, -0.1) is 0 Å². The van der Waals surface area contributed by atoms with Crippen molar-refractivity contribution in [3.8, 4) is 0 Å². The molecule has 0 aliphatic carbocycles. The second-order valence-corrected chi connectivity index (χ2v) is 7.92. The summed E-state index contributed by atoms with van der Waals surface area (Å²) in [6.07, 6.45) is 5.06. The van der Waals surface area contributed by atoms with Crippen LogP contribution in [0.25, 0.3) is 0 Å². The lowest BCUT2D eigenvalue weighted by atomic mass is 10.2. The summed E-state index contributed by atoms with van der Waals surface area (Å²) >= 11 is 0. The Balaban J connectivity index is 1.65. The van der Waals surface area contributed by atoms with E-state index in [2.05, 4.69) is 0 Å². The molecule has 0 spiro atoms. The van der Waals surface area contributed by atoms with E-state index >= 15 is 0 Å². The number of carbonyl (C=O) groups is 1. The lowest BCUT2D eigenvalue weighted by molar-refractivity contribution is 0.0732. The number of hydrogen-bond donors (Lipinski definition) is 0. The summed E-state index contributed by atoms with van der Waals surface area (Å²) in [5.74, 6) is 0.129. The molecular formula is C15H23N3O4S. The molecule has 2 aliphatic rings. The van der Waals surface area contributed by atoms with Gasteiger partial charge in [0, 0.05) is 39.3 Å². The lowest BCUT2D eigenvalue weighted by Crippen LogP contribution is -2.47. The van der Waals surface area contributed by atoms with Crippen molar-refractivity contribution in [3.05, 3.63) is 24.2 Å². The van der Waals surface area contributed by atoms with E-state index in [1.54, 1.807) is 21.3 Å². The van der Waals surface area contributed by atoms with Crippen LogP contribution in [-0.2, 0) is 10.2 Å². The van der Waals surface area contributed by atoms with E-state index < -0.39 is 10.2 Å². The van der Waals surface area contributed by atoms with Gasteiger partial charge in [-0.2, -0.15) is 17.0 Å². The molecular weight excluding hydrogens is 318 g/mol. The van der Waals surface area contributed by atoms with Gasteiger partial charge in [0.15, 0.2) is 5.76 Å². The summed E-state index contributed by atoms with van der Waals surface area (Å²) < 4.78 is 33.7. The van der Waals surface area contributed by atoms with E-state index in [-0.39, 0.29) is 5.91 Å². The van der Waals surface area contributed by atoms with Gasteiger partial charge in [-0.05, 0) is 31.4 Å². The van der Waals surface area contributed by atoms with E-state index in [1.807, 2.05) is 0 Å². The fraction of sp³-hybridized carbons (Fsp3) is 0.667. The fourth-order valence-corrected chi connectivity index (χ4v) is 4.86. The van der Waals surface area contributed by atoms with Gasteiger partial charge in [-0.3, -0.25) is 4.79 Å². The van der Waals surface area contributed by atoms with Crippen molar-refractivity contribution in [1.29, 1.82) is 0 Å². The molecule has 0 radical (unpaired) electrons. The highest BCUT2D eigenvalue weighted by Gasteiger charge is 2.32. The maximum atomic E-state index is 12.7. The van der Waals surface area contributed by atoms with Crippen LogP contribution in [0, 0.1) is 0 Å². The molecule has 1 amide bonds. The van der Waals surface area contributed by atoms with E-state index in [0.29, 0.717) is 51.4 Å². The van der Waals surface area contributed by atoms with Crippen molar-refractivity contribution in [2.24, 2.45) is 0 Å². The van der Waals surface area contributed by atoms with Gasteiger partial charge in [0.1, 0.15) is 0 Å². The smallest absolute Gasteiger partial charge is 0.289 e. The topological polar surface area (TPSA) is 74.1 Å². The van der Waals surface area contributed by atoms with Crippen molar-refractivity contribution in [3.63, 3.8) is 0 Å². The van der Waals surface area contributed by atoms with Crippen LogP contribution in [-0.4, -0.2) is 67.1 Å². The first-order valence-electron chi connectivity index (χ1n) is 8.17. The number of nitrogens with zero attached hydrogens (tertiary/aromatic N) is 3. The van der Waals surface area contributed by atoms with E-state index in [9.17, 15) is 13.2 Å². The molecule has 23 heavy (non-hydrogen) atoms. The van der Waals surface area contributed by atoms with Crippen LogP contribution in [0.2, 0.25) is 0 Å². The third-order valence-electron chi connectivity index (χ3n) is 4.44. The zero-order chi connectivity index (χ0) is 16.3. The highest BCUT2D eigenvalue weighted by atomic mass is 32.2. The Hall–Kier alpha value is -1.38. The van der Waals surface area contributed by atoms with E-state index in [1.165, 1.54) is 10.6 Å². The molecule has 8 heteroatoms. The monoisotopic (exact) mass is 341 g/mol. The first kappa shape index (κ1) is 16.5. The second kappa shape index (κ2) is 7.02. The molecule has 0 unspecified atom stereocenters. The normalized spacial score (nSPS) is 22.0. The molecule has 0 N–H and O–H groups in total. The summed E-state index contributed by atoms with van der Waals surface area (Å²) in [7, 11) is -3.41.